The number of halogens is 2. The van der Waals surface area contributed by atoms with Crippen LogP contribution >= 0.6 is 23.2 Å². The van der Waals surface area contributed by atoms with Crippen LogP contribution < -0.4 is 5.43 Å². The molecule has 0 saturated heterocycles. The lowest BCUT2D eigenvalue weighted by Gasteiger charge is -2.08. The second-order valence-corrected chi connectivity index (χ2v) is 6.66. The van der Waals surface area contributed by atoms with Crippen LogP contribution in [0.5, 0.6) is 0 Å². The number of alkyl halides is 1. The summed E-state index contributed by atoms with van der Waals surface area (Å²) >= 11 is 12.3. The summed E-state index contributed by atoms with van der Waals surface area (Å²) in [6.07, 6.45) is 1.62. The first-order chi connectivity index (χ1) is 12.6. The number of benzene rings is 2. The summed E-state index contributed by atoms with van der Waals surface area (Å²) in [5.41, 5.74) is 7.22. The highest BCUT2D eigenvalue weighted by molar-refractivity contribution is 6.33. The first kappa shape index (κ1) is 18.4. The Kier molecular flexibility index (Phi) is 5.86. The van der Waals surface area contributed by atoms with Crippen LogP contribution in [0.3, 0.4) is 0 Å². The van der Waals surface area contributed by atoms with E-state index in [-0.39, 0.29) is 5.38 Å². The summed E-state index contributed by atoms with van der Waals surface area (Å²) < 4.78 is 0. The molecule has 1 atom stereocenters. The third-order valence-corrected chi connectivity index (χ3v) is 4.60. The first-order valence-corrected chi connectivity index (χ1v) is 8.94. The zero-order valence-electron chi connectivity index (χ0n) is 14.3. The lowest BCUT2D eigenvalue weighted by molar-refractivity contribution is 0.981. The normalized spacial score (nSPS) is 15.3. The number of aliphatic imine (C=N–C) groups is 2. The number of allylic oxidation sites excluding steroid dienone is 1. The molecule has 1 N–H and O–H groups in total. The lowest BCUT2D eigenvalue weighted by atomic mass is 10.0. The number of nitrogens with one attached hydrogen (secondary N) is 1. The topological polar surface area (TPSA) is 49.1 Å². The van der Waals surface area contributed by atoms with Gasteiger partial charge in [0, 0.05) is 16.1 Å². The van der Waals surface area contributed by atoms with Crippen LogP contribution in [0.4, 0.5) is 5.69 Å². The molecule has 1 heterocycles. The number of hydrazone groups is 1. The van der Waals surface area contributed by atoms with Gasteiger partial charge in [-0.1, -0.05) is 48.0 Å². The minimum Gasteiger partial charge on any atom is -0.276 e. The van der Waals surface area contributed by atoms with Crippen LogP contribution in [-0.4, -0.2) is 29.2 Å². The summed E-state index contributed by atoms with van der Waals surface area (Å²) in [6, 6.07) is 15.6. The van der Waals surface area contributed by atoms with E-state index in [4.69, 9.17) is 28.2 Å². The molecule has 0 radical (unpaired) electrons. The minimum atomic E-state index is -0.330. The Morgan fingerprint density at radius 3 is 2.77 bits per heavy atom. The second-order valence-electron chi connectivity index (χ2n) is 5.75. The third kappa shape index (κ3) is 4.21. The number of fused-ring (bicyclic) bond motifs is 1. The molecule has 26 heavy (non-hydrogen) atoms. The summed E-state index contributed by atoms with van der Waals surface area (Å²) in [5.74, 6) is 0.631. The molecule has 1 aliphatic heterocycles. The fourth-order valence-electron chi connectivity index (χ4n) is 2.50. The summed E-state index contributed by atoms with van der Waals surface area (Å²) in [6.45, 7) is 5.87. The van der Waals surface area contributed by atoms with Gasteiger partial charge in [0.2, 0.25) is 0 Å². The van der Waals surface area contributed by atoms with Crippen molar-refractivity contribution >= 4 is 46.1 Å². The van der Waals surface area contributed by atoms with E-state index in [0.29, 0.717) is 23.1 Å². The molecule has 0 saturated carbocycles. The summed E-state index contributed by atoms with van der Waals surface area (Å²) in [7, 11) is 0. The van der Waals surface area contributed by atoms with Gasteiger partial charge in [0.25, 0.3) is 0 Å². The van der Waals surface area contributed by atoms with Gasteiger partial charge in [0.15, 0.2) is 0 Å². The van der Waals surface area contributed by atoms with Crippen molar-refractivity contribution in [2.45, 2.75) is 12.3 Å². The maximum atomic E-state index is 6.21. The molecule has 2 aromatic carbocycles. The van der Waals surface area contributed by atoms with Crippen LogP contribution in [0.15, 0.2) is 76.3 Å². The van der Waals surface area contributed by atoms with Crippen LogP contribution in [0.1, 0.15) is 18.1 Å². The standard InChI is InChI=1S/C20H18Cl2N4/c1-3-17(22)13(2)25-26-19-12-23-20(14-7-5-4-6-8-14)16-11-15(21)9-10-18(16)24-19/h3-11,17H,1,12H2,2H3,(H,24,26). The predicted molar refractivity (Wildman–Crippen MR) is 112 cm³/mol. The molecule has 6 heteroatoms. The fraction of sp³-hybridized carbons (Fsp3) is 0.150. The number of rotatable bonds is 4. The zero-order valence-corrected chi connectivity index (χ0v) is 15.8. The van der Waals surface area contributed by atoms with Crippen LogP contribution in [0.25, 0.3) is 0 Å². The Morgan fingerprint density at radius 2 is 2.04 bits per heavy atom. The minimum absolute atomic E-state index is 0.330. The number of nitrogens with zero attached hydrogens (tertiary/aromatic N) is 3. The quantitative estimate of drug-likeness (QED) is 0.343. The van der Waals surface area contributed by atoms with E-state index in [1.54, 1.807) is 6.08 Å². The van der Waals surface area contributed by atoms with Gasteiger partial charge in [0.1, 0.15) is 5.84 Å². The maximum Gasteiger partial charge on any atom is 0.144 e. The highest BCUT2D eigenvalue weighted by Gasteiger charge is 2.16. The van der Waals surface area contributed by atoms with Gasteiger partial charge >= 0.3 is 0 Å². The molecule has 0 amide bonds. The smallest absolute Gasteiger partial charge is 0.144 e. The maximum absolute atomic E-state index is 6.21. The van der Waals surface area contributed by atoms with Gasteiger partial charge in [-0.05, 0) is 25.1 Å². The molecule has 0 aliphatic carbocycles. The predicted octanol–water partition coefficient (Wildman–Crippen LogP) is 4.98. The molecule has 0 spiro atoms. The van der Waals surface area contributed by atoms with E-state index in [0.717, 1.165) is 22.5 Å². The molecule has 1 unspecified atom stereocenters. The largest absolute Gasteiger partial charge is 0.276 e. The van der Waals surface area contributed by atoms with Crippen molar-refractivity contribution in [3.63, 3.8) is 0 Å². The molecule has 0 fully saturated rings. The van der Waals surface area contributed by atoms with Gasteiger partial charge in [-0.3, -0.25) is 10.4 Å². The highest BCUT2D eigenvalue weighted by Crippen LogP contribution is 2.28. The van der Waals surface area contributed by atoms with Gasteiger partial charge < -0.3 is 0 Å². The highest BCUT2D eigenvalue weighted by atomic mass is 35.5. The first-order valence-electron chi connectivity index (χ1n) is 8.12. The van der Waals surface area contributed by atoms with Crippen molar-refractivity contribution in [2.75, 3.05) is 6.54 Å². The van der Waals surface area contributed by atoms with E-state index >= 15 is 0 Å². The molecule has 3 rings (SSSR count). The van der Waals surface area contributed by atoms with Crippen molar-refractivity contribution in [2.24, 2.45) is 15.1 Å². The molecule has 2 aromatic rings. The molecule has 0 bridgehead atoms. The van der Waals surface area contributed by atoms with Gasteiger partial charge in [-0.2, -0.15) is 5.10 Å². The van der Waals surface area contributed by atoms with Crippen molar-refractivity contribution < 1.29 is 0 Å². The Hall–Kier alpha value is -2.43. The van der Waals surface area contributed by atoms with Crippen LogP contribution in [-0.2, 0) is 0 Å². The van der Waals surface area contributed by atoms with Crippen LogP contribution in [0.2, 0.25) is 5.02 Å². The van der Waals surface area contributed by atoms with Crippen LogP contribution in [0, 0.1) is 0 Å². The van der Waals surface area contributed by atoms with Gasteiger partial charge in [-0.25, -0.2) is 4.99 Å². The monoisotopic (exact) mass is 384 g/mol. The Morgan fingerprint density at radius 1 is 1.27 bits per heavy atom. The number of amidine groups is 1. The van der Waals surface area contributed by atoms with E-state index in [1.807, 2.05) is 55.5 Å². The Balaban J connectivity index is 1.99. The lowest BCUT2D eigenvalue weighted by Crippen LogP contribution is -2.23. The average Bonchev–Trinajstić information content (AvgIpc) is 2.85. The van der Waals surface area contributed by atoms with E-state index in [9.17, 15) is 0 Å². The molecule has 132 valence electrons. The van der Waals surface area contributed by atoms with E-state index < -0.39 is 0 Å². The molecule has 1 aliphatic rings. The fourth-order valence-corrected chi connectivity index (χ4v) is 2.72. The van der Waals surface area contributed by atoms with E-state index in [1.165, 1.54) is 0 Å². The van der Waals surface area contributed by atoms with Crippen molar-refractivity contribution in [3.05, 3.63) is 77.3 Å². The summed E-state index contributed by atoms with van der Waals surface area (Å²) in [4.78, 5) is 9.41. The van der Waals surface area contributed by atoms with Crippen molar-refractivity contribution in [1.29, 1.82) is 0 Å². The van der Waals surface area contributed by atoms with Crippen molar-refractivity contribution in [3.8, 4) is 0 Å². The number of hydrogen-bond acceptors (Lipinski definition) is 4. The summed E-state index contributed by atoms with van der Waals surface area (Å²) in [5, 5.41) is 4.60. The van der Waals surface area contributed by atoms with Gasteiger partial charge in [0.05, 0.1) is 29.0 Å². The van der Waals surface area contributed by atoms with E-state index in [2.05, 4.69) is 22.1 Å². The van der Waals surface area contributed by atoms with Gasteiger partial charge in [-0.15, -0.1) is 18.2 Å². The van der Waals surface area contributed by atoms with Crippen molar-refractivity contribution in [1.82, 2.24) is 5.43 Å². The molecule has 0 aromatic heterocycles. The second kappa shape index (κ2) is 8.30. The SMILES string of the molecule is C=CC(Cl)C(C)=NNC1=Nc2ccc(Cl)cc2C(c2ccccc2)=NC1. The molecular formula is C20H18Cl2N4. The number of hydrogen-bond donors (Lipinski definition) is 1. The zero-order chi connectivity index (χ0) is 18.5. The molecule has 4 nitrogen and oxygen atoms in total. The Labute approximate surface area is 163 Å². The Bertz CT molecular complexity index is 901. The third-order valence-electron chi connectivity index (χ3n) is 3.87. The average molecular weight is 385 g/mol. The molecular weight excluding hydrogens is 367 g/mol.